The summed E-state index contributed by atoms with van der Waals surface area (Å²) >= 11 is 8.53. The number of halogens is 6. The van der Waals surface area contributed by atoms with Gasteiger partial charge in [-0.25, -0.2) is 0 Å². The highest BCUT2D eigenvalue weighted by atomic mass is 79.9. The number of oxime groups is 1. The molecule has 0 bridgehead atoms. The molecule has 0 fully saturated rings. The van der Waals surface area contributed by atoms with E-state index in [9.17, 15) is 17.6 Å². The molecule has 0 unspecified atom stereocenters. The quantitative estimate of drug-likeness (QED) is 0.130. The van der Waals surface area contributed by atoms with Crippen molar-refractivity contribution >= 4 is 33.2 Å². The van der Waals surface area contributed by atoms with Crippen LogP contribution in [0.25, 0.3) is 0 Å². The van der Waals surface area contributed by atoms with E-state index in [1.165, 1.54) is 6.07 Å². The van der Waals surface area contributed by atoms with Crippen molar-refractivity contribution < 1.29 is 31.9 Å². The summed E-state index contributed by atoms with van der Waals surface area (Å²) in [5.74, 6) is -0.575. The van der Waals surface area contributed by atoms with Gasteiger partial charge in [-0.05, 0) is 67.6 Å². The third kappa shape index (κ3) is 10.7. The van der Waals surface area contributed by atoms with Crippen LogP contribution in [0.4, 0.5) is 17.6 Å². The maximum absolute atomic E-state index is 13.4. The van der Waals surface area contributed by atoms with Crippen molar-refractivity contribution in [3.63, 3.8) is 0 Å². The molecule has 10 heteroatoms. The van der Waals surface area contributed by atoms with Gasteiger partial charge in [-0.2, -0.15) is 17.6 Å². The van der Waals surface area contributed by atoms with Crippen LogP contribution in [0.5, 0.6) is 11.5 Å². The molecule has 1 aromatic rings. The third-order valence-corrected chi connectivity index (χ3v) is 4.04. The number of hydrogen-bond acceptors (Lipinski definition) is 4. The first-order valence-corrected chi connectivity index (χ1v) is 10.1. The van der Waals surface area contributed by atoms with Gasteiger partial charge in [-0.3, -0.25) is 0 Å². The second-order valence-corrected chi connectivity index (χ2v) is 7.38. The largest absolute Gasteiger partial charge is 0.491 e. The Morgan fingerprint density at radius 3 is 2.34 bits per heavy atom. The highest BCUT2D eigenvalue weighted by Crippen LogP contribution is 2.43. The molecule has 0 saturated heterocycles. The maximum atomic E-state index is 13.4. The van der Waals surface area contributed by atoms with E-state index in [0.717, 1.165) is 37.1 Å². The Morgan fingerprint density at radius 2 is 1.76 bits per heavy atom. The average molecular weight is 505 g/mol. The molecule has 0 N–H and O–H groups in total. The number of nitrogens with zero attached hydrogens (tertiary/aromatic N) is 1. The van der Waals surface area contributed by atoms with Crippen LogP contribution in [-0.4, -0.2) is 25.5 Å². The topological polar surface area (TPSA) is 40.0 Å². The molecule has 1 aromatic carbocycles. The molecule has 4 nitrogen and oxygen atoms in total. The Kier molecular flexibility index (Phi) is 11.4. The molecule has 0 aliphatic heterocycles. The molecule has 164 valence electrons. The van der Waals surface area contributed by atoms with Gasteiger partial charge in [0.2, 0.25) is 0 Å². The zero-order valence-corrected chi connectivity index (χ0v) is 18.5. The lowest BCUT2D eigenvalue weighted by atomic mass is 10.1. The van der Waals surface area contributed by atoms with Gasteiger partial charge >= 0.3 is 6.18 Å². The van der Waals surface area contributed by atoms with Gasteiger partial charge in [-0.15, -0.1) is 0 Å². The molecule has 0 spiro atoms. The van der Waals surface area contributed by atoms with Crippen LogP contribution in [0, 0.1) is 0 Å². The zero-order chi connectivity index (χ0) is 21.9. The fourth-order valence-electron chi connectivity index (χ4n) is 2.18. The van der Waals surface area contributed by atoms with Gasteiger partial charge in [0.25, 0.3) is 0 Å². The average Bonchev–Trinajstić information content (AvgIpc) is 2.60. The molecule has 0 aliphatic carbocycles. The zero-order valence-electron chi connectivity index (χ0n) is 16.1. The Hall–Kier alpha value is -1.48. The van der Waals surface area contributed by atoms with Crippen molar-refractivity contribution in [2.24, 2.45) is 5.16 Å². The molecule has 0 heterocycles. The van der Waals surface area contributed by atoms with E-state index in [4.69, 9.17) is 25.9 Å². The Bertz CT molecular complexity index is 703. The van der Waals surface area contributed by atoms with Crippen LogP contribution in [0.3, 0.4) is 0 Å². The highest BCUT2D eigenvalue weighted by Gasteiger charge is 2.36. The van der Waals surface area contributed by atoms with Crippen molar-refractivity contribution in [3.8, 4) is 11.5 Å². The molecule has 29 heavy (non-hydrogen) atoms. The molecular formula is C19H23BrClF4NO3. The fourth-order valence-corrected chi connectivity index (χ4v) is 2.58. The van der Waals surface area contributed by atoms with Crippen molar-refractivity contribution in [3.05, 3.63) is 33.5 Å². The smallest absolute Gasteiger partial charge is 0.420 e. The first-order valence-electron chi connectivity index (χ1n) is 8.92. The van der Waals surface area contributed by atoms with Crippen LogP contribution in [0.1, 0.15) is 45.1 Å². The Morgan fingerprint density at radius 1 is 1.10 bits per heavy atom. The maximum Gasteiger partial charge on any atom is 0.420 e. The minimum Gasteiger partial charge on any atom is -0.491 e. The van der Waals surface area contributed by atoms with Crippen LogP contribution >= 0.6 is 27.5 Å². The minimum atomic E-state index is -4.68. The van der Waals surface area contributed by atoms with Crippen molar-refractivity contribution in [2.45, 2.75) is 45.7 Å². The monoisotopic (exact) mass is 503 g/mol. The van der Waals surface area contributed by atoms with Crippen LogP contribution in [0.2, 0.25) is 5.02 Å². The van der Waals surface area contributed by atoms with Crippen LogP contribution in [0.15, 0.2) is 28.1 Å². The summed E-state index contributed by atoms with van der Waals surface area (Å²) in [4.78, 5) is 5.07. The predicted octanol–water partition coefficient (Wildman–Crippen LogP) is 7.30. The van der Waals surface area contributed by atoms with E-state index < -0.39 is 22.2 Å². The standard InChI is InChI=1S/C19H23BrClF4NO3/c1-13(2)26-29-9-6-4-3-5-8-28-18-15(19(23,24)25)11-14(12-16(18)21)27-10-7-17(20)22/h7,11-12H,3-6,8-10H2,1-2H3/b17-7-. The summed E-state index contributed by atoms with van der Waals surface area (Å²) in [5.41, 5.74) is -0.205. The lowest BCUT2D eigenvalue weighted by molar-refractivity contribution is -0.139. The first kappa shape index (κ1) is 25.6. The van der Waals surface area contributed by atoms with Gasteiger partial charge < -0.3 is 14.3 Å². The Balaban J connectivity index is 2.59. The summed E-state index contributed by atoms with van der Waals surface area (Å²) in [5, 5.41) is 3.59. The van der Waals surface area contributed by atoms with E-state index in [-0.39, 0.29) is 24.0 Å². The highest BCUT2D eigenvalue weighted by molar-refractivity contribution is 9.11. The predicted molar refractivity (Wildman–Crippen MR) is 109 cm³/mol. The van der Waals surface area contributed by atoms with Crippen LogP contribution < -0.4 is 9.47 Å². The number of unbranched alkanes of at least 4 members (excludes halogenated alkanes) is 3. The summed E-state index contributed by atoms with van der Waals surface area (Å²) < 4.78 is 62.4. The second kappa shape index (κ2) is 13.0. The van der Waals surface area contributed by atoms with E-state index in [0.29, 0.717) is 13.0 Å². The summed E-state index contributed by atoms with van der Waals surface area (Å²) in [6.45, 7) is 3.99. The third-order valence-electron chi connectivity index (χ3n) is 3.43. The van der Waals surface area contributed by atoms with Crippen LogP contribution in [-0.2, 0) is 11.0 Å². The van der Waals surface area contributed by atoms with Gasteiger partial charge in [0.15, 0.2) is 4.74 Å². The number of benzene rings is 1. The lowest BCUT2D eigenvalue weighted by Crippen LogP contribution is -2.11. The number of alkyl halides is 3. The van der Waals surface area contributed by atoms with Gasteiger partial charge in [0.1, 0.15) is 30.3 Å². The molecule has 1 rings (SSSR count). The van der Waals surface area contributed by atoms with Gasteiger partial charge in [-0.1, -0.05) is 16.8 Å². The molecule has 0 radical (unpaired) electrons. The Labute approximate surface area is 181 Å². The van der Waals surface area contributed by atoms with Crippen molar-refractivity contribution in [1.29, 1.82) is 0 Å². The normalized spacial score (nSPS) is 11.9. The molecule has 0 aromatic heterocycles. The van der Waals surface area contributed by atoms with E-state index >= 15 is 0 Å². The number of hydrogen-bond donors (Lipinski definition) is 0. The van der Waals surface area contributed by atoms with Gasteiger partial charge in [0.05, 0.1) is 17.3 Å². The molecule has 0 saturated carbocycles. The van der Waals surface area contributed by atoms with Gasteiger partial charge in [0, 0.05) is 6.07 Å². The molecule has 0 aliphatic rings. The number of rotatable bonds is 12. The molecule has 0 atom stereocenters. The molecular weight excluding hydrogens is 482 g/mol. The second-order valence-electron chi connectivity index (χ2n) is 6.22. The summed E-state index contributed by atoms with van der Waals surface area (Å²) in [7, 11) is 0. The minimum absolute atomic E-state index is 0.0909. The van der Waals surface area contributed by atoms with Crippen molar-refractivity contribution in [1.82, 2.24) is 0 Å². The van der Waals surface area contributed by atoms with E-state index in [1.807, 2.05) is 13.8 Å². The SMILES string of the molecule is CC(C)=NOCCCCCCOc1c(Cl)cc(OC/C=C(\F)Br)cc1C(F)(F)F. The fraction of sp³-hybridized carbons (Fsp3) is 0.526. The lowest BCUT2D eigenvalue weighted by Gasteiger charge is -2.17. The summed E-state index contributed by atoms with van der Waals surface area (Å²) in [6, 6.07) is 1.99. The van der Waals surface area contributed by atoms with Crippen molar-refractivity contribution in [2.75, 3.05) is 19.8 Å². The summed E-state index contributed by atoms with van der Waals surface area (Å²) in [6.07, 6.45) is -0.691. The van der Waals surface area contributed by atoms with E-state index in [1.54, 1.807) is 0 Å². The van der Waals surface area contributed by atoms with E-state index in [2.05, 4.69) is 21.1 Å². The molecule has 0 amide bonds. The first-order chi connectivity index (χ1) is 13.6. The number of ether oxygens (including phenoxy) is 2.